The lowest BCUT2D eigenvalue weighted by Gasteiger charge is -2.37. The number of amides is 1. The number of hydrogen-bond acceptors (Lipinski definition) is 10. The molecule has 1 amide bonds. The van der Waals surface area contributed by atoms with E-state index < -0.39 is 30.5 Å². The van der Waals surface area contributed by atoms with E-state index in [1.165, 1.54) is 17.0 Å². The van der Waals surface area contributed by atoms with Crippen LogP contribution in [0.2, 0.25) is 0 Å². The topological polar surface area (TPSA) is 158 Å². The monoisotopic (exact) mass is 497 g/mol. The lowest BCUT2D eigenvalue weighted by Crippen LogP contribution is -2.52. The number of ether oxygens (including phenoxy) is 3. The Kier molecular flexibility index (Phi) is 7.58. The number of carbonyl (C=O) groups excluding carboxylic acids is 2. The fraction of sp³-hybridized carbons (Fsp3) is 0.375. The summed E-state index contributed by atoms with van der Waals surface area (Å²) in [6.07, 6.45) is -2.26. The molecule has 0 aliphatic carbocycles. The minimum Gasteiger partial charge on any atom is -0.472 e. The predicted octanol–water partition coefficient (Wildman–Crippen LogP) is 1.46. The molecule has 0 bridgehead atoms. The quantitative estimate of drug-likeness (QED) is 0.307. The average Bonchev–Trinajstić information content (AvgIpc) is 3.29. The molecule has 3 N–H and O–H groups in total. The number of fused-ring (bicyclic) bond motifs is 1. The van der Waals surface area contributed by atoms with Gasteiger partial charge in [0, 0.05) is 5.92 Å². The predicted molar refractivity (Wildman–Crippen MR) is 127 cm³/mol. The zero-order valence-electron chi connectivity index (χ0n) is 19.8. The first-order valence-electron chi connectivity index (χ1n) is 11.3. The van der Waals surface area contributed by atoms with Gasteiger partial charge in [-0.2, -0.15) is 9.97 Å². The Morgan fingerprint density at radius 2 is 2.03 bits per heavy atom. The summed E-state index contributed by atoms with van der Waals surface area (Å²) >= 11 is 0. The maximum absolute atomic E-state index is 12.6. The minimum absolute atomic E-state index is 0.0283. The first-order chi connectivity index (χ1) is 17.3. The third-order valence-corrected chi connectivity index (χ3v) is 5.46. The number of anilines is 1. The van der Waals surface area contributed by atoms with Crippen molar-refractivity contribution < 1.29 is 34.0 Å². The van der Waals surface area contributed by atoms with Gasteiger partial charge in [0.1, 0.15) is 18.8 Å². The molecule has 4 unspecified atom stereocenters. The summed E-state index contributed by atoms with van der Waals surface area (Å²) in [4.78, 5) is 37.7. The van der Waals surface area contributed by atoms with Gasteiger partial charge in [-0.1, -0.05) is 44.7 Å². The van der Waals surface area contributed by atoms with Gasteiger partial charge < -0.3 is 24.4 Å². The number of benzene rings is 1. The summed E-state index contributed by atoms with van der Waals surface area (Å²) in [6.45, 7) is 6.97. The van der Waals surface area contributed by atoms with E-state index in [9.17, 15) is 19.8 Å². The zero-order valence-corrected chi connectivity index (χ0v) is 19.8. The van der Waals surface area contributed by atoms with Gasteiger partial charge in [-0.3, -0.25) is 14.7 Å². The van der Waals surface area contributed by atoms with Crippen LogP contribution in [0.1, 0.15) is 30.4 Å². The van der Waals surface area contributed by atoms with Crippen LogP contribution in [-0.4, -0.2) is 73.1 Å². The van der Waals surface area contributed by atoms with Crippen molar-refractivity contribution >= 4 is 29.0 Å². The normalized spacial score (nSPS) is 21.8. The third kappa shape index (κ3) is 5.20. The van der Waals surface area contributed by atoms with Crippen molar-refractivity contribution in [1.82, 2.24) is 19.5 Å². The fourth-order valence-corrected chi connectivity index (χ4v) is 3.57. The molecule has 4 rings (SSSR count). The molecule has 2 aromatic heterocycles. The van der Waals surface area contributed by atoms with Crippen molar-refractivity contribution in [1.29, 1.82) is 0 Å². The van der Waals surface area contributed by atoms with Crippen LogP contribution in [0.5, 0.6) is 5.88 Å². The highest BCUT2D eigenvalue weighted by Gasteiger charge is 2.43. The van der Waals surface area contributed by atoms with E-state index in [-0.39, 0.29) is 53.6 Å². The number of rotatable bonds is 8. The molecule has 1 saturated heterocycles. The van der Waals surface area contributed by atoms with Crippen molar-refractivity contribution in [2.24, 2.45) is 5.92 Å². The number of imidazole rings is 1. The largest absolute Gasteiger partial charge is 0.472 e. The van der Waals surface area contributed by atoms with Crippen LogP contribution in [0.15, 0.2) is 49.3 Å². The van der Waals surface area contributed by atoms with E-state index in [1.807, 2.05) is 0 Å². The highest BCUT2D eigenvalue weighted by atomic mass is 16.6. The van der Waals surface area contributed by atoms with E-state index in [1.54, 1.807) is 44.2 Å². The summed E-state index contributed by atoms with van der Waals surface area (Å²) in [5.41, 5.74) is 0.714. The average molecular weight is 498 g/mol. The molecule has 1 aliphatic heterocycles. The molecule has 190 valence electrons. The summed E-state index contributed by atoms with van der Waals surface area (Å²) in [5, 5.41) is 24.1. The summed E-state index contributed by atoms with van der Waals surface area (Å²) in [6, 6.07) is 8.23. The zero-order chi connectivity index (χ0) is 25.8. The fourth-order valence-electron chi connectivity index (χ4n) is 3.57. The maximum atomic E-state index is 12.6. The van der Waals surface area contributed by atoms with Gasteiger partial charge in [-0.15, -0.1) is 0 Å². The van der Waals surface area contributed by atoms with Crippen LogP contribution in [-0.2, 0) is 14.3 Å². The Morgan fingerprint density at radius 3 is 2.72 bits per heavy atom. The van der Waals surface area contributed by atoms with Crippen molar-refractivity contribution in [2.45, 2.75) is 38.4 Å². The Morgan fingerprint density at radius 1 is 1.28 bits per heavy atom. The number of nitrogens with zero attached hydrogens (tertiary/aromatic N) is 4. The Hall–Kier alpha value is -3.87. The number of carbonyl (C=O) groups is 2. The summed E-state index contributed by atoms with van der Waals surface area (Å²) in [7, 11) is 0. The van der Waals surface area contributed by atoms with Crippen molar-refractivity contribution in [3.63, 3.8) is 0 Å². The van der Waals surface area contributed by atoms with Gasteiger partial charge in [0.25, 0.3) is 0 Å². The lowest BCUT2D eigenvalue weighted by molar-refractivity contribution is -0.210. The van der Waals surface area contributed by atoms with Crippen LogP contribution in [0.25, 0.3) is 11.2 Å². The van der Waals surface area contributed by atoms with Crippen molar-refractivity contribution in [2.75, 3.05) is 18.5 Å². The first-order valence-corrected chi connectivity index (χ1v) is 11.3. The summed E-state index contributed by atoms with van der Waals surface area (Å²) < 4.78 is 18.1. The number of esters is 1. The molecule has 1 fully saturated rings. The smallest absolute Gasteiger partial charge is 0.338 e. The van der Waals surface area contributed by atoms with Crippen molar-refractivity contribution in [3.8, 4) is 5.88 Å². The second-order valence-corrected chi connectivity index (χ2v) is 8.44. The van der Waals surface area contributed by atoms with E-state index in [2.05, 4.69) is 26.8 Å². The van der Waals surface area contributed by atoms with Crippen molar-refractivity contribution in [3.05, 3.63) is 54.9 Å². The van der Waals surface area contributed by atoms with Gasteiger partial charge >= 0.3 is 5.97 Å². The minimum atomic E-state index is -1.47. The second kappa shape index (κ2) is 10.8. The molecular formula is C24H27N5O7. The van der Waals surface area contributed by atoms with Gasteiger partial charge in [0.15, 0.2) is 23.5 Å². The van der Waals surface area contributed by atoms with Crippen LogP contribution in [0.3, 0.4) is 0 Å². The number of aliphatic hydroxyl groups excluding tert-OH is 2. The highest BCUT2D eigenvalue weighted by molar-refractivity contribution is 5.91. The molecule has 3 aromatic rings. The molecule has 0 saturated carbocycles. The van der Waals surface area contributed by atoms with E-state index in [0.29, 0.717) is 0 Å². The Balaban J connectivity index is 1.66. The second-order valence-electron chi connectivity index (χ2n) is 8.44. The van der Waals surface area contributed by atoms with Gasteiger partial charge in [0.05, 0.1) is 18.5 Å². The Bertz CT molecular complexity index is 1250. The number of hydrogen-bond donors (Lipinski definition) is 3. The lowest BCUT2D eigenvalue weighted by atomic mass is 10.0. The summed E-state index contributed by atoms with van der Waals surface area (Å²) in [5.74, 6) is -1.26. The molecule has 4 atom stereocenters. The molecule has 1 aliphatic rings. The molecule has 0 radical (unpaired) electrons. The number of nitrogens with one attached hydrogen (secondary N) is 1. The van der Waals surface area contributed by atoms with Crippen LogP contribution in [0.4, 0.5) is 5.95 Å². The van der Waals surface area contributed by atoms with E-state index in [0.717, 1.165) is 0 Å². The molecule has 12 nitrogen and oxygen atoms in total. The molecule has 1 aromatic carbocycles. The Labute approximate surface area is 206 Å². The van der Waals surface area contributed by atoms with E-state index >= 15 is 0 Å². The first kappa shape index (κ1) is 25.2. The van der Waals surface area contributed by atoms with Gasteiger partial charge in [-0.05, 0) is 12.1 Å². The number of aromatic nitrogens is 4. The number of aliphatic hydroxyl groups is 2. The SMILES string of the molecule is C=CCOc1nc(NC(=O)C(C)C)nc2c1ncn2C1OCC(O)C(OC(=O)c2ccccc2)C1O. The van der Waals surface area contributed by atoms with Crippen LogP contribution < -0.4 is 10.1 Å². The van der Waals surface area contributed by atoms with Crippen LogP contribution >= 0.6 is 0 Å². The third-order valence-electron chi connectivity index (χ3n) is 5.46. The molecule has 36 heavy (non-hydrogen) atoms. The molecule has 3 heterocycles. The van der Waals surface area contributed by atoms with Gasteiger partial charge in [0.2, 0.25) is 17.7 Å². The molecular weight excluding hydrogens is 470 g/mol. The maximum Gasteiger partial charge on any atom is 0.338 e. The van der Waals surface area contributed by atoms with Gasteiger partial charge in [-0.25, -0.2) is 9.78 Å². The van der Waals surface area contributed by atoms with Crippen LogP contribution in [0, 0.1) is 5.92 Å². The highest BCUT2D eigenvalue weighted by Crippen LogP contribution is 2.31. The van der Waals surface area contributed by atoms with E-state index in [4.69, 9.17) is 14.2 Å². The molecule has 0 spiro atoms. The molecule has 12 heteroatoms. The standard InChI is InChI=1S/C24H27N5O7/c1-4-10-34-21-16-19(26-24(28-21)27-20(32)13(2)3)29(12-25-16)22-17(31)18(15(30)11-35-22)36-23(33)14-8-6-5-7-9-14/h4-9,12-13,15,17-18,22,30-31H,1,10-11H2,2-3H3,(H,26,27,28,32).